The molecule has 174 valence electrons. The van der Waals surface area contributed by atoms with Crippen LogP contribution in [0.5, 0.6) is 0 Å². The van der Waals surface area contributed by atoms with Gasteiger partial charge in [0, 0.05) is 23.5 Å². The van der Waals surface area contributed by atoms with Gasteiger partial charge in [-0.25, -0.2) is 13.2 Å². The number of hydrogen-bond donors (Lipinski definition) is 3. The predicted octanol–water partition coefficient (Wildman–Crippen LogP) is 2.66. The van der Waals surface area contributed by atoms with E-state index in [0.29, 0.717) is 11.4 Å². The van der Waals surface area contributed by atoms with Gasteiger partial charge in [-0.15, -0.1) is 24.5 Å². The fourth-order valence-corrected chi connectivity index (χ4v) is 6.23. The molecule has 3 rings (SSSR count). The Balaban J connectivity index is 1.84. The minimum atomic E-state index is -3.79. The van der Waals surface area contributed by atoms with E-state index < -0.39 is 27.9 Å². The van der Waals surface area contributed by atoms with Gasteiger partial charge in [0.2, 0.25) is 10.0 Å². The number of fused-ring (bicyclic) bond motifs is 1. The van der Waals surface area contributed by atoms with Crippen molar-refractivity contribution in [3.8, 4) is 0 Å². The summed E-state index contributed by atoms with van der Waals surface area (Å²) in [6.07, 6.45) is 5.30. The lowest BCUT2D eigenvalue weighted by Crippen LogP contribution is -2.35. The highest BCUT2D eigenvalue weighted by molar-refractivity contribution is 7.89. The monoisotopic (exact) mass is 488 g/mol. The van der Waals surface area contributed by atoms with Gasteiger partial charge in [-0.2, -0.15) is 4.31 Å². The Kier molecular flexibility index (Phi) is 7.46. The normalized spacial score (nSPS) is 12.8. The zero-order valence-corrected chi connectivity index (χ0v) is 19.4. The average molecular weight is 489 g/mol. The van der Waals surface area contributed by atoms with E-state index in [1.807, 2.05) is 0 Å². The Morgan fingerprint density at radius 3 is 2.27 bits per heavy atom. The molecule has 1 aliphatic rings. The first kappa shape index (κ1) is 24.4. The number of imide groups is 1. The number of urea groups is 1. The number of sulfonamides is 1. The fraction of sp³-hybridized carbons (Fsp3) is 0.227. The Bertz CT molecular complexity index is 1210. The molecule has 4 N–H and O–H groups in total. The smallest absolute Gasteiger partial charge is 0.319 e. The minimum Gasteiger partial charge on any atom is -0.351 e. The number of aryl methyl sites for hydroxylation is 1. The molecular weight excluding hydrogens is 464 g/mol. The van der Waals surface area contributed by atoms with Gasteiger partial charge in [-0.1, -0.05) is 12.2 Å². The van der Waals surface area contributed by atoms with Gasteiger partial charge in [0.25, 0.3) is 11.8 Å². The molecule has 0 aliphatic heterocycles. The number of hydrogen-bond acceptors (Lipinski definition) is 6. The molecule has 0 fully saturated rings. The van der Waals surface area contributed by atoms with Crippen molar-refractivity contribution in [2.24, 2.45) is 5.73 Å². The summed E-state index contributed by atoms with van der Waals surface area (Å²) in [6.45, 7) is 7.39. The van der Waals surface area contributed by atoms with Crippen molar-refractivity contribution in [1.29, 1.82) is 0 Å². The number of nitrogens with zero attached hydrogens (tertiary/aromatic N) is 1. The van der Waals surface area contributed by atoms with E-state index in [9.17, 15) is 22.8 Å². The van der Waals surface area contributed by atoms with Gasteiger partial charge >= 0.3 is 6.03 Å². The molecule has 4 amide bonds. The van der Waals surface area contributed by atoms with E-state index in [4.69, 9.17) is 5.73 Å². The molecule has 1 aliphatic carbocycles. The number of nitrogens with one attached hydrogen (secondary N) is 2. The number of thiophene rings is 1. The average Bonchev–Trinajstić information content (AvgIpc) is 3.33. The minimum absolute atomic E-state index is 0.0272. The van der Waals surface area contributed by atoms with Gasteiger partial charge in [-0.05, 0) is 49.1 Å². The second-order valence-corrected chi connectivity index (χ2v) is 10.3. The molecule has 1 aromatic heterocycles. The molecule has 0 saturated heterocycles. The lowest BCUT2D eigenvalue weighted by Gasteiger charge is -2.19. The van der Waals surface area contributed by atoms with Crippen LogP contribution in [0.15, 0.2) is 54.5 Å². The lowest BCUT2D eigenvalue weighted by atomic mass is 10.1. The zero-order valence-electron chi connectivity index (χ0n) is 17.8. The maximum atomic E-state index is 12.8. The second kappa shape index (κ2) is 10.1. The molecule has 0 saturated carbocycles. The quantitative estimate of drug-likeness (QED) is 0.466. The summed E-state index contributed by atoms with van der Waals surface area (Å²) in [6, 6.07) is 4.50. The van der Waals surface area contributed by atoms with E-state index in [1.165, 1.54) is 52.1 Å². The molecule has 11 heteroatoms. The molecule has 0 unspecified atom stereocenters. The van der Waals surface area contributed by atoms with Crippen molar-refractivity contribution in [1.82, 2.24) is 9.62 Å². The highest BCUT2D eigenvalue weighted by Crippen LogP contribution is 2.39. The summed E-state index contributed by atoms with van der Waals surface area (Å²) >= 11 is 1.28. The van der Waals surface area contributed by atoms with Crippen molar-refractivity contribution < 1.29 is 22.8 Å². The van der Waals surface area contributed by atoms with Gasteiger partial charge in [-0.3, -0.25) is 14.9 Å². The molecule has 0 radical (unpaired) electrons. The maximum Gasteiger partial charge on any atom is 0.319 e. The Hall–Kier alpha value is -3.28. The third kappa shape index (κ3) is 5.21. The van der Waals surface area contributed by atoms with Crippen LogP contribution in [0.25, 0.3) is 0 Å². The molecule has 33 heavy (non-hydrogen) atoms. The number of primary amides is 1. The van der Waals surface area contributed by atoms with Crippen LogP contribution in [-0.4, -0.2) is 43.7 Å². The van der Waals surface area contributed by atoms with Crippen molar-refractivity contribution in [3.63, 3.8) is 0 Å². The van der Waals surface area contributed by atoms with Crippen molar-refractivity contribution in [2.75, 3.05) is 18.4 Å². The van der Waals surface area contributed by atoms with E-state index in [-0.39, 0.29) is 29.1 Å². The summed E-state index contributed by atoms with van der Waals surface area (Å²) in [5, 5.41) is 5.09. The number of nitrogens with two attached hydrogens (primary N) is 1. The van der Waals surface area contributed by atoms with Crippen LogP contribution in [0.2, 0.25) is 0 Å². The maximum absolute atomic E-state index is 12.8. The van der Waals surface area contributed by atoms with E-state index in [0.717, 1.165) is 23.3 Å². The highest BCUT2D eigenvalue weighted by atomic mass is 32.2. The molecule has 0 atom stereocenters. The van der Waals surface area contributed by atoms with Gasteiger partial charge in [0.05, 0.1) is 10.5 Å². The Labute approximate surface area is 196 Å². The van der Waals surface area contributed by atoms with Crippen molar-refractivity contribution in [3.05, 3.63) is 71.1 Å². The largest absolute Gasteiger partial charge is 0.351 e. The standard InChI is InChI=1S/C22H24N4O5S2/c1-3-12-26(13-4-2)33(30,31)15-10-8-14(9-11-15)19(27)24-21-18(20(28)25-22(23)29)16-6-5-7-17(16)32-21/h3-4,8-11H,1-2,5-7,12-13H2,(H,24,27)(H3,23,25,28,29). The topological polar surface area (TPSA) is 139 Å². The fourth-order valence-electron chi connectivity index (χ4n) is 3.57. The van der Waals surface area contributed by atoms with E-state index in [1.54, 1.807) is 0 Å². The highest BCUT2D eigenvalue weighted by Gasteiger charge is 2.28. The molecular formula is C22H24N4O5S2. The van der Waals surface area contributed by atoms with Crippen LogP contribution in [-0.2, 0) is 22.9 Å². The first-order chi connectivity index (χ1) is 15.7. The van der Waals surface area contributed by atoms with Crippen LogP contribution in [0, 0.1) is 0 Å². The Morgan fingerprint density at radius 1 is 1.06 bits per heavy atom. The first-order valence-corrected chi connectivity index (χ1v) is 12.3. The molecule has 0 bridgehead atoms. The third-order valence-corrected chi connectivity index (χ3v) is 8.09. The van der Waals surface area contributed by atoms with E-state index in [2.05, 4.69) is 23.8 Å². The summed E-state index contributed by atoms with van der Waals surface area (Å²) in [4.78, 5) is 37.5. The first-order valence-electron chi connectivity index (χ1n) is 10.1. The SMILES string of the molecule is C=CCN(CC=C)S(=O)(=O)c1ccc(C(=O)Nc2sc3c(c2C(=O)NC(N)=O)CCC3)cc1. The number of carbonyl (C=O) groups excluding carboxylic acids is 3. The number of benzene rings is 1. The zero-order chi connectivity index (χ0) is 24.2. The van der Waals surface area contributed by atoms with Gasteiger partial charge in [0.1, 0.15) is 5.00 Å². The molecule has 1 heterocycles. The number of carbonyl (C=O) groups is 3. The summed E-state index contributed by atoms with van der Waals surface area (Å²) in [5.74, 6) is -1.18. The molecule has 0 spiro atoms. The second-order valence-electron chi connectivity index (χ2n) is 7.26. The van der Waals surface area contributed by atoms with Crippen molar-refractivity contribution in [2.45, 2.75) is 24.2 Å². The lowest BCUT2D eigenvalue weighted by molar-refractivity contribution is 0.0966. The molecule has 2 aromatic rings. The molecule has 1 aromatic carbocycles. The van der Waals surface area contributed by atoms with Crippen LogP contribution in [0.4, 0.5) is 9.80 Å². The van der Waals surface area contributed by atoms with Gasteiger partial charge in [0.15, 0.2) is 0 Å². The third-order valence-electron chi connectivity index (χ3n) is 5.03. The van der Waals surface area contributed by atoms with Crippen LogP contribution in [0.3, 0.4) is 0 Å². The van der Waals surface area contributed by atoms with Crippen molar-refractivity contribution >= 4 is 44.2 Å². The summed E-state index contributed by atoms with van der Waals surface area (Å²) in [5.41, 5.74) is 6.33. The van der Waals surface area contributed by atoms with Crippen LogP contribution >= 0.6 is 11.3 Å². The predicted molar refractivity (Wildman–Crippen MR) is 127 cm³/mol. The summed E-state index contributed by atoms with van der Waals surface area (Å²) in [7, 11) is -3.79. The molecule has 9 nitrogen and oxygen atoms in total. The number of anilines is 1. The van der Waals surface area contributed by atoms with E-state index >= 15 is 0 Å². The van der Waals surface area contributed by atoms with Gasteiger partial charge < -0.3 is 11.1 Å². The van der Waals surface area contributed by atoms with Crippen LogP contribution in [0.1, 0.15) is 37.6 Å². The number of amides is 4. The van der Waals surface area contributed by atoms with Crippen LogP contribution < -0.4 is 16.4 Å². The summed E-state index contributed by atoms with van der Waals surface area (Å²) < 4.78 is 26.8. The Morgan fingerprint density at radius 2 is 1.70 bits per heavy atom. The number of rotatable bonds is 9.